The number of carbonyl (C=O) groups excluding carboxylic acids is 3. The van der Waals surface area contributed by atoms with Crippen LogP contribution in [0.3, 0.4) is 0 Å². The maximum absolute atomic E-state index is 13.7. The summed E-state index contributed by atoms with van der Waals surface area (Å²) in [7, 11) is 0. The van der Waals surface area contributed by atoms with Crippen LogP contribution in [0.15, 0.2) is 18.2 Å². The predicted octanol–water partition coefficient (Wildman–Crippen LogP) is 2.78. The van der Waals surface area contributed by atoms with Gasteiger partial charge in [-0.1, -0.05) is 0 Å². The Morgan fingerprint density at radius 2 is 1.80 bits per heavy atom. The lowest BCUT2D eigenvalue weighted by Gasteiger charge is -2.30. The first kappa shape index (κ1) is 18.7. The number of hydrazine groups is 1. The van der Waals surface area contributed by atoms with Gasteiger partial charge >= 0.3 is 6.09 Å². The third kappa shape index (κ3) is 4.68. The first-order valence-corrected chi connectivity index (χ1v) is 7.98. The first-order valence-electron chi connectivity index (χ1n) is 7.98. The van der Waals surface area contributed by atoms with Gasteiger partial charge < -0.3 is 10.1 Å². The molecule has 1 N–H and O–H groups in total. The first-order chi connectivity index (χ1) is 11.6. The quantitative estimate of drug-likeness (QED) is 0.889. The van der Waals surface area contributed by atoms with Gasteiger partial charge in [-0.05, 0) is 45.4 Å². The fourth-order valence-electron chi connectivity index (χ4n) is 2.42. The SMILES string of the molecule is CC(=O)Nc1cc(C(=O)N2CCCN2C(=O)OC(C)(C)C)ccc1F. The highest BCUT2D eigenvalue weighted by molar-refractivity contribution is 5.97. The Labute approximate surface area is 145 Å². The number of nitrogens with one attached hydrogen (secondary N) is 1. The van der Waals surface area contributed by atoms with E-state index >= 15 is 0 Å². The van der Waals surface area contributed by atoms with Crippen molar-refractivity contribution in [1.82, 2.24) is 10.0 Å². The topological polar surface area (TPSA) is 79.0 Å². The van der Waals surface area contributed by atoms with E-state index in [0.717, 1.165) is 6.07 Å². The van der Waals surface area contributed by atoms with Crippen LogP contribution in [0.1, 0.15) is 44.5 Å². The van der Waals surface area contributed by atoms with Crippen molar-refractivity contribution in [3.8, 4) is 0 Å². The van der Waals surface area contributed by atoms with Crippen LogP contribution < -0.4 is 5.32 Å². The molecule has 0 bridgehead atoms. The van der Waals surface area contributed by atoms with Crippen molar-refractivity contribution in [3.05, 3.63) is 29.6 Å². The van der Waals surface area contributed by atoms with E-state index in [4.69, 9.17) is 4.74 Å². The van der Waals surface area contributed by atoms with E-state index in [9.17, 15) is 18.8 Å². The Bertz CT molecular complexity index is 700. The van der Waals surface area contributed by atoms with Gasteiger partial charge in [-0.15, -0.1) is 0 Å². The molecule has 1 fully saturated rings. The van der Waals surface area contributed by atoms with Crippen LogP contribution in [0.4, 0.5) is 14.9 Å². The van der Waals surface area contributed by atoms with E-state index in [-0.39, 0.29) is 11.3 Å². The van der Waals surface area contributed by atoms with E-state index < -0.39 is 29.3 Å². The van der Waals surface area contributed by atoms with Crippen LogP contribution in [-0.2, 0) is 9.53 Å². The average Bonchev–Trinajstić information content (AvgIpc) is 2.96. The molecular formula is C17H22FN3O4. The highest BCUT2D eigenvalue weighted by Crippen LogP contribution is 2.22. The molecule has 3 amide bonds. The molecule has 7 nitrogen and oxygen atoms in total. The van der Waals surface area contributed by atoms with Crippen molar-refractivity contribution in [3.63, 3.8) is 0 Å². The molecule has 1 aliphatic rings. The number of nitrogens with zero attached hydrogens (tertiary/aromatic N) is 2. The zero-order valence-corrected chi connectivity index (χ0v) is 14.8. The number of amides is 3. The van der Waals surface area contributed by atoms with E-state index in [0.29, 0.717) is 19.5 Å². The number of benzene rings is 1. The van der Waals surface area contributed by atoms with Crippen molar-refractivity contribution in [2.75, 3.05) is 18.4 Å². The third-order valence-electron chi connectivity index (χ3n) is 3.39. The van der Waals surface area contributed by atoms with Crippen LogP contribution in [0.2, 0.25) is 0 Å². The molecule has 0 aliphatic carbocycles. The van der Waals surface area contributed by atoms with Gasteiger partial charge in [0.05, 0.1) is 5.69 Å². The summed E-state index contributed by atoms with van der Waals surface area (Å²) < 4.78 is 19.0. The van der Waals surface area contributed by atoms with Gasteiger partial charge in [-0.2, -0.15) is 0 Å². The molecule has 0 aromatic heterocycles. The van der Waals surface area contributed by atoms with Gasteiger partial charge in [0.15, 0.2) is 0 Å². The summed E-state index contributed by atoms with van der Waals surface area (Å²) in [6, 6.07) is 3.67. The number of rotatable bonds is 2. The summed E-state index contributed by atoms with van der Waals surface area (Å²) in [5, 5.41) is 4.86. The fourth-order valence-corrected chi connectivity index (χ4v) is 2.42. The lowest BCUT2D eigenvalue weighted by molar-refractivity contribution is -0.114. The van der Waals surface area contributed by atoms with E-state index in [2.05, 4.69) is 5.32 Å². The van der Waals surface area contributed by atoms with Gasteiger partial charge in [0.2, 0.25) is 5.91 Å². The second kappa shape index (κ2) is 7.08. The number of halogens is 1. The minimum atomic E-state index is -0.678. The summed E-state index contributed by atoms with van der Waals surface area (Å²) in [5.74, 6) is -1.55. The van der Waals surface area contributed by atoms with Crippen molar-refractivity contribution < 1.29 is 23.5 Å². The molecule has 0 atom stereocenters. The maximum Gasteiger partial charge on any atom is 0.429 e. The van der Waals surface area contributed by atoms with E-state index in [1.165, 1.54) is 29.1 Å². The molecule has 1 aromatic carbocycles. The minimum Gasteiger partial charge on any atom is -0.442 e. The van der Waals surface area contributed by atoms with Crippen LogP contribution in [-0.4, -0.2) is 46.6 Å². The molecule has 2 rings (SSSR count). The average molecular weight is 351 g/mol. The molecule has 1 saturated heterocycles. The summed E-state index contributed by atoms with van der Waals surface area (Å²) in [5.41, 5.74) is -0.593. The maximum atomic E-state index is 13.7. The molecule has 1 aliphatic heterocycles. The van der Waals surface area contributed by atoms with Crippen molar-refractivity contribution >= 4 is 23.6 Å². The summed E-state index contributed by atoms with van der Waals surface area (Å²) in [6.45, 7) is 7.19. The number of hydrogen-bond acceptors (Lipinski definition) is 4. The Morgan fingerprint density at radius 1 is 1.16 bits per heavy atom. The lowest BCUT2D eigenvalue weighted by Crippen LogP contribution is -2.46. The molecule has 0 saturated carbocycles. The van der Waals surface area contributed by atoms with Crippen LogP contribution in [0, 0.1) is 5.82 Å². The van der Waals surface area contributed by atoms with Gasteiger partial charge in [0.25, 0.3) is 5.91 Å². The highest BCUT2D eigenvalue weighted by Gasteiger charge is 2.34. The summed E-state index contributed by atoms with van der Waals surface area (Å²) in [4.78, 5) is 36.1. The molecule has 1 aromatic rings. The second-order valence-electron chi connectivity index (χ2n) is 6.76. The predicted molar refractivity (Wildman–Crippen MR) is 89.3 cm³/mol. The number of hydrogen-bond donors (Lipinski definition) is 1. The van der Waals surface area contributed by atoms with Gasteiger partial charge in [-0.3, -0.25) is 9.59 Å². The Balaban J connectivity index is 2.21. The van der Waals surface area contributed by atoms with Gasteiger partial charge in [-0.25, -0.2) is 19.2 Å². The molecule has 136 valence electrons. The van der Waals surface area contributed by atoms with Crippen LogP contribution >= 0.6 is 0 Å². The molecule has 1 heterocycles. The number of carbonyl (C=O) groups is 3. The van der Waals surface area contributed by atoms with Crippen molar-refractivity contribution in [1.29, 1.82) is 0 Å². The summed E-state index contributed by atoms with van der Waals surface area (Å²) >= 11 is 0. The van der Waals surface area contributed by atoms with Crippen LogP contribution in [0.5, 0.6) is 0 Å². The Hall–Kier alpha value is -2.64. The summed E-state index contributed by atoms with van der Waals surface area (Å²) in [6.07, 6.45) is 0.00705. The van der Waals surface area contributed by atoms with Gasteiger partial charge in [0, 0.05) is 25.6 Å². The largest absolute Gasteiger partial charge is 0.442 e. The molecule has 0 radical (unpaired) electrons. The normalized spacial score (nSPS) is 14.4. The molecule has 0 spiro atoms. The molecule has 0 unspecified atom stereocenters. The smallest absolute Gasteiger partial charge is 0.429 e. The second-order valence-corrected chi connectivity index (χ2v) is 6.76. The monoisotopic (exact) mass is 351 g/mol. The van der Waals surface area contributed by atoms with E-state index in [1.54, 1.807) is 20.8 Å². The standard InChI is InChI=1S/C17H22FN3O4/c1-11(22)19-14-10-12(6-7-13(14)18)15(23)20-8-5-9-21(20)16(24)25-17(2,3)4/h6-7,10H,5,8-9H2,1-4H3,(H,19,22). The Kier molecular flexibility index (Phi) is 5.30. The number of anilines is 1. The molecule has 25 heavy (non-hydrogen) atoms. The minimum absolute atomic E-state index is 0.0821. The third-order valence-corrected chi connectivity index (χ3v) is 3.39. The van der Waals surface area contributed by atoms with Gasteiger partial charge in [0.1, 0.15) is 11.4 Å². The zero-order chi connectivity index (χ0) is 18.8. The fraction of sp³-hybridized carbons (Fsp3) is 0.471. The van der Waals surface area contributed by atoms with Crippen LogP contribution in [0.25, 0.3) is 0 Å². The lowest BCUT2D eigenvalue weighted by atomic mass is 10.1. The molecular weight excluding hydrogens is 329 g/mol. The Morgan fingerprint density at radius 3 is 2.40 bits per heavy atom. The van der Waals surface area contributed by atoms with E-state index in [1.807, 2.05) is 0 Å². The van der Waals surface area contributed by atoms with Crippen molar-refractivity contribution in [2.24, 2.45) is 0 Å². The van der Waals surface area contributed by atoms with Crippen molar-refractivity contribution in [2.45, 2.75) is 39.7 Å². The highest BCUT2D eigenvalue weighted by atomic mass is 19.1. The zero-order valence-electron chi connectivity index (χ0n) is 14.8. The number of ether oxygens (including phenoxy) is 1. The molecule has 8 heteroatoms.